The van der Waals surface area contributed by atoms with Crippen LogP contribution in [0.5, 0.6) is 0 Å². The lowest BCUT2D eigenvalue weighted by Crippen LogP contribution is -1.93. The molecule has 0 saturated carbocycles. The van der Waals surface area contributed by atoms with E-state index in [0.717, 1.165) is 12.0 Å². The van der Waals surface area contributed by atoms with Crippen molar-refractivity contribution in [2.45, 2.75) is 24.6 Å². The average Bonchev–Trinajstić information content (AvgIpc) is 2.42. The molecule has 0 heterocycles. The van der Waals surface area contributed by atoms with E-state index < -0.39 is 0 Å². The molecule has 2 rings (SSSR count). The van der Waals surface area contributed by atoms with Crippen LogP contribution in [0.2, 0.25) is 10.0 Å². The van der Waals surface area contributed by atoms with Gasteiger partial charge < -0.3 is 0 Å². The molecule has 0 spiro atoms. The first-order chi connectivity index (χ1) is 9.11. The molecule has 0 aliphatic carbocycles. The summed E-state index contributed by atoms with van der Waals surface area (Å²) in [6.45, 7) is 2.19. The molecule has 0 amide bonds. The van der Waals surface area contributed by atoms with Gasteiger partial charge >= 0.3 is 0 Å². The fourth-order valence-corrected chi connectivity index (χ4v) is 2.90. The van der Waals surface area contributed by atoms with E-state index in [2.05, 4.69) is 47.1 Å². The van der Waals surface area contributed by atoms with Crippen molar-refractivity contribution in [3.63, 3.8) is 0 Å². The van der Waals surface area contributed by atoms with E-state index in [4.69, 9.17) is 23.2 Å². The first-order valence-electron chi connectivity index (χ1n) is 6.29. The van der Waals surface area contributed by atoms with Gasteiger partial charge in [0.15, 0.2) is 0 Å². The van der Waals surface area contributed by atoms with Crippen LogP contribution in [-0.2, 0) is 6.42 Å². The Bertz CT molecular complexity index is 549. The van der Waals surface area contributed by atoms with Crippen molar-refractivity contribution in [3.05, 3.63) is 69.2 Å². The van der Waals surface area contributed by atoms with Gasteiger partial charge in [-0.3, -0.25) is 0 Å². The predicted molar refractivity (Wildman–Crippen MR) is 87.7 cm³/mol. The second-order valence-electron chi connectivity index (χ2n) is 4.53. The number of benzene rings is 2. The van der Waals surface area contributed by atoms with Crippen LogP contribution in [0.25, 0.3) is 0 Å². The summed E-state index contributed by atoms with van der Waals surface area (Å²) in [4.78, 5) is 0.137. The van der Waals surface area contributed by atoms with Crippen LogP contribution in [0.15, 0.2) is 42.5 Å². The second-order valence-corrected chi connectivity index (χ2v) is 6.26. The van der Waals surface area contributed by atoms with Crippen molar-refractivity contribution in [2.24, 2.45) is 0 Å². The lowest BCUT2D eigenvalue weighted by molar-refractivity contribution is 0.920. The van der Waals surface area contributed by atoms with Crippen molar-refractivity contribution in [2.75, 3.05) is 0 Å². The quantitative estimate of drug-likeness (QED) is 0.553. The number of alkyl halides is 1. The molecule has 19 heavy (non-hydrogen) atoms. The molecule has 2 aromatic carbocycles. The summed E-state index contributed by atoms with van der Waals surface area (Å²) in [6.07, 6.45) is 2.30. The van der Waals surface area contributed by atoms with Crippen LogP contribution in [0.4, 0.5) is 0 Å². The molecular formula is C16H15BrCl2. The lowest BCUT2D eigenvalue weighted by Gasteiger charge is -2.12. The van der Waals surface area contributed by atoms with Gasteiger partial charge in [0.1, 0.15) is 0 Å². The lowest BCUT2D eigenvalue weighted by atomic mass is 10.0. The summed E-state index contributed by atoms with van der Waals surface area (Å²) >= 11 is 15.7. The maximum Gasteiger partial charge on any atom is 0.0645 e. The first kappa shape index (κ1) is 14.9. The van der Waals surface area contributed by atoms with Gasteiger partial charge in [0.25, 0.3) is 0 Å². The van der Waals surface area contributed by atoms with Crippen LogP contribution < -0.4 is 0 Å². The highest BCUT2D eigenvalue weighted by Gasteiger charge is 2.11. The van der Waals surface area contributed by atoms with Gasteiger partial charge in [0.05, 0.1) is 14.9 Å². The zero-order chi connectivity index (χ0) is 13.8. The van der Waals surface area contributed by atoms with Crippen LogP contribution in [0, 0.1) is 0 Å². The van der Waals surface area contributed by atoms with Gasteiger partial charge in [-0.2, -0.15) is 0 Å². The van der Waals surface area contributed by atoms with Gasteiger partial charge in [-0.25, -0.2) is 0 Å². The Morgan fingerprint density at radius 2 is 1.58 bits per heavy atom. The van der Waals surface area contributed by atoms with Gasteiger partial charge in [-0.05, 0) is 35.2 Å². The molecule has 0 aliphatic rings. The highest BCUT2D eigenvalue weighted by Crippen LogP contribution is 2.34. The minimum absolute atomic E-state index is 0.137. The molecule has 0 N–H and O–H groups in total. The highest BCUT2D eigenvalue weighted by atomic mass is 79.9. The zero-order valence-corrected chi connectivity index (χ0v) is 13.8. The van der Waals surface area contributed by atoms with Crippen LogP contribution in [0.1, 0.15) is 34.9 Å². The molecule has 0 bridgehead atoms. The summed E-state index contributed by atoms with van der Waals surface area (Å²) in [5.74, 6) is 0. The molecule has 100 valence electrons. The maximum atomic E-state index is 6.06. The largest absolute Gasteiger partial charge is 0.0827 e. The van der Waals surface area contributed by atoms with Crippen molar-refractivity contribution in [3.8, 4) is 0 Å². The average molecular weight is 358 g/mol. The number of hydrogen-bond donors (Lipinski definition) is 0. The van der Waals surface area contributed by atoms with E-state index in [9.17, 15) is 0 Å². The summed E-state index contributed by atoms with van der Waals surface area (Å²) in [5, 5.41) is 1.18. The fourth-order valence-electron chi connectivity index (χ4n) is 2.00. The van der Waals surface area contributed by atoms with E-state index in [-0.39, 0.29) is 4.83 Å². The third kappa shape index (κ3) is 3.75. The van der Waals surface area contributed by atoms with Crippen molar-refractivity contribution in [1.29, 1.82) is 0 Å². The molecule has 2 aromatic rings. The van der Waals surface area contributed by atoms with Crippen LogP contribution in [-0.4, -0.2) is 0 Å². The Kier molecular flexibility index (Phi) is 5.32. The van der Waals surface area contributed by atoms with E-state index in [1.807, 2.05) is 18.2 Å². The normalized spacial score (nSPS) is 12.4. The molecule has 1 unspecified atom stereocenters. The molecule has 0 saturated heterocycles. The molecule has 1 atom stereocenters. The molecular weight excluding hydrogens is 343 g/mol. The fraction of sp³-hybridized carbons (Fsp3) is 0.250. The minimum Gasteiger partial charge on any atom is -0.0827 e. The molecule has 0 aliphatic heterocycles. The third-order valence-electron chi connectivity index (χ3n) is 3.05. The predicted octanol–water partition coefficient (Wildman–Crippen LogP) is 6.43. The summed E-state index contributed by atoms with van der Waals surface area (Å²) < 4.78 is 0. The molecule has 3 heteroatoms. The van der Waals surface area contributed by atoms with Crippen molar-refractivity contribution < 1.29 is 0 Å². The van der Waals surface area contributed by atoms with Gasteiger partial charge in [0.2, 0.25) is 0 Å². The molecule has 0 nitrogen and oxygen atoms in total. The Hall–Kier alpha value is -0.500. The maximum absolute atomic E-state index is 6.06. The van der Waals surface area contributed by atoms with E-state index >= 15 is 0 Å². The Balaban J connectivity index is 2.22. The van der Waals surface area contributed by atoms with E-state index in [0.29, 0.717) is 10.0 Å². The number of hydrogen-bond acceptors (Lipinski definition) is 0. The Morgan fingerprint density at radius 1 is 0.947 bits per heavy atom. The topological polar surface area (TPSA) is 0 Å². The molecule has 0 fully saturated rings. The third-order valence-corrected chi connectivity index (χ3v) is 4.84. The van der Waals surface area contributed by atoms with E-state index in [1.165, 1.54) is 17.5 Å². The summed E-state index contributed by atoms with van der Waals surface area (Å²) in [6, 6.07) is 14.4. The van der Waals surface area contributed by atoms with Crippen molar-refractivity contribution >= 4 is 39.1 Å². The van der Waals surface area contributed by atoms with Crippen molar-refractivity contribution in [1.82, 2.24) is 0 Å². The van der Waals surface area contributed by atoms with Gasteiger partial charge in [-0.15, -0.1) is 0 Å². The number of halogens is 3. The standard InChI is InChI=1S/C16H15BrCl2/c1-2-3-11-4-6-12(7-5-11)16(17)13-8-9-14(18)15(19)10-13/h4-10,16H,2-3H2,1H3. The first-order valence-corrected chi connectivity index (χ1v) is 7.97. The summed E-state index contributed by atoms with van der Waals surface area (Å²) in [5.41, 5.74) is 3.70. The van der Waals surface area contributed by atoms with Gasteiger partial charge in [0, 0.05) is 0 Å². The van der Waals surface area contributed by atoms with Gasteiger partial charge in [-0.1, -0.05) is 82.8 Å². The Morgan fingerprint density at radius 3 is 2.16 bits per heavy atom. The minimum atomic E-state index is 0.137. The van der Waals surface area contributed by atoms with Crippen LogP contribution in [0.3, 0.4) is 0 Å². The number of rotatable bonds is 4. The summed E-state index contributed by atoms with van der Waals surface area (Å²) in [7, 11) is 0. The highest BCUT2D eigenvalue weighted by molar-refractivity contribution is 9.09. The molecule has 0 aromatic heterocycles. The van der Waals surface area contributed by atoms with E-state index in [1.54, 1.807) is 0 Å². The molecule has 0 radical (unpaired) electrons. The monoisotopic (exact) mass is 356 g/mol. The second kappa shape index (κ2) is 6.78. The SMILES string of the molecule is CCCc1ccc(C(Br)c2ccc(Cl)c(Cl)c2)cc1. The Labute approximate surface area is 132 Å². The zero-order valence-electron chi connectivity index (χ0n) is 10.7. The number of aryl methyl sites for hydroxylation is 1. The smallest absolute Gasteiger partial charge is 0.0645 e. The van der Waals surface area contributed by atoms with Crippen LogP contribution >= 0.6 is 39.1 Å².